The molecule has 13 nitrogen and oxygen atoms in total. The van der Waals surface area contributed by atoms with Crippen LogP contribution in [0.5, 0.6) is 0 Å². The SMILES string of the molecule is CC[C@H]1OC(=O)[C@H](C)C(=O)[C@H](C)[C@@H](C)[C@@]2(C)C[C@@H](C)/C(NC(C)=O)=C(/C)[C@@H](OCC(=NOCc3ccc(-n4cccn4)nc3)CO2)[C@]1(C)O. The van der Waals surface area contributed by atoms with Gasteiger partial charge in [0, 0.05) is 42.7 Å². The van der Waals surface area contributed by atoms with Gasteiger partial charge in [-0.2, -0.15) is 5.10 Å². The van der Waals surface area contributed by atoms with Crippen LogP contribution in [0.3, 0.4) is 0 Å². The number of esters is 1. The van der Waals surface area contributed by atoms with Crippen molar-refractivity contribution in [3.05, 3.63) is 53.6 Å². The molecule has 268 valence electrons. The minimum Gasteiger partial charge on any atom is -0.459 e. The van der Waals surface area contributed by atoms with E-state index in [0.717, 1.165) is 5.56 Å². The molecule has 0 spiro atoms. The van der Waals surface area contributed by atoms with Crippen LogP contribution in [0.25, 0.3) is 5.82 Å². The normalized spacial score (nSPS) is 34.4. The summed E-state index contributed by atoms with van der Waals surface area (Å²) in [5.41, 5.74) is -0.414. The van der Waals surface area contributed by atoms with Gasteiger partial charge < -0.3 is 29.5 Å². The highest BCUT2D eigenvalue weighted by atomic mass is 16.6. The number of aromatic nitrogens is 3. The molecule has 2 aromatic rings. The van der Waals surface area contributed by atoms with E-state index in [-0.39, 0.29) is 49.8 Å². The van der Waals surface area contributed by atoms with Gasteiger partial charge in [0.2, 0.25) is 5.91 Å². The first kappa shape index (κ1) is 37.9. The van der Waals surface area contributed by atoms with Crippen LogP contribution in [0, 0.1) is 23.7 Å². The lowest BCUT2D eigenvalue weighted by Gasteiger charge is -2.42. The van der Waals surface area contributed by atoms with Crippen molar-refractivity contribution in [3.8, 4) is 5.82 Å². The number of carbonyl (C=O) groups excluding carboxylic acids is 3. The molecule has 0 aliphatic carbocycles. The van der Waals surface area contributed by atoms with Crippen molar-refractivity contribution < 1.29 is 38.5 Å². The minimum atomic E-state index is -1.78. The summed E-state index contributed by atoms with van der Waals surface area (Å²) in [5, 5.41) is 23.8. The van der Waals surface area contributed by atoms with Gasteiger partial charge in [0.15, 0.2) is 5.82 Å². The number of fused-ring (bicyclic) bond motifs is 4. The number of hydrogen-bond donors (Lipinski definition) is 2. The number of carbonyl (C=O) groups is 3. The zero-order chi connectivity index (χ0) is 36.1. The third kappa shape index (κ3) is 8.63. The predicted octanol–water partition coefficient (Wildman–Crippen LogP) is 4.31. The highest BCUT2D eigenvalue weighted by Crippen LogP contribution is 2.40. The molecule has 49 heavy (non-hydrogen) atoms. The van der Waals surface area contributed by atoms with Crippen molar-refractivity contribution in [2.45, 2.75) is 105 Å². The summed E-state index contributed by atoms with van der Waals surface area (Å²) in [7, 11) is 0. The number of aliphatic hydroxyl groups is 1. The van der Waals surface area contributed by atoms with Gasteiger partial charge in [0.25, 0.3) is 0 Å². The molecule has 2 bridgehead atoms. The van der Waals surface area contributed by atoms with Crippen molar-refractivity contribution >= 4 is 23.4 Å². The molecular weight excluding hydrogens is 630 g/mol. The number of oxime groups is 1. The second-order valence-corrected chi connectivity index (χ2v) is 13.8. The Balaban J connectivity index is 1.78. The van der Waals surface area contributed by atoms with Crippen molar-refractivity contribution in [1.82, 2.24) is 20.1 Å². The summed E-state index contributed by atoms with van der Waals surface area (Å²) in [6, 6.07) is 5.51. The molecule has 0 aromatic carbocycles. The van der Waals surface area contributed by atoms with Crippen LogP contribution in [-0.2, 0) is 40.0 Å². The van der Waals surface area contributed by atoms with E-state index in [2.05, 4.69) is 20.6 Å². The van der Waals surface area contributed by atoms with Crippen LogP contribution >= 0.6 is 0 Å². The van der Waals surface area contributed by atoms with Gasteiger partial charge in [0.05, 0.1) is 18.8 Å². The maximum atomic E-state index is 13.7. The predicted molar refractivity (Wildman–Crippen MR) is 181 cm³/mol. The van der Waals surface area contributed by atoms with Gasteiger partial charge in [-0.05, 0) is 70.1 Å². The number of ketones is 1. The number of allylic oxidation sites excluding steroid dienone is 1. The van der Waals surface area contributed by atoms with E-state index in [1.807, 2.05) is 39.0 Å². The van der Waals surface area contributed by atoms with Crippen LogP contribution in [0.2, 0.25) is 0 Å². The topological polar surface area (TPSA) is 163 Å². The lowest BCUT2D eigenvalue weighted by Crippen LogP contribution is -2.54. The van der Waals surface area contributed by atoms with Crippen molar-refractivity contribution in [2.75, 3.05) is 13.2 Å². The standard InChI is InChI=1S/C36H51N5O8/c1-10-29-36(9,45)33-23(4)31(39-26(7)42)21(2)16-35(8,25(6)22(3)32(43)24(5)34(44)49-29)47-20-28(19-46-33)40-48-18-27-12-13-30(37-17-27)41-15-11-14-38-41/h11-15,17,21-22,24-25,29,33,45H,10,16,18-20H2,1-9H3,(H,39,42)/b31-23+,40-28?/t21-,22-,24-,25-,29-,33-,35-,36-/m1/s1. The second-order valence-electron chi connectivity index (χ2n) is 13.8. The molecule has 13 heteroatoms. The number of cyclic esters (lactones) is 1. The van der Waals surface area contributed by atoms with Gasteiger partial charge in [-0.15, -0.1) is 0 Å². The first-order valence-electron chi connectivity index (χ1n) is 16.9. The fourth-order valence-corrected chi connectivity index (χ4v) is 6.83. The van der Waals surface area contributed by atoms with E-state index in [1.165, 1.54) is 20.8 Å². The average molecular weight is 682 g/mol. The Labute approximate surface area is 288 Å². The Morgan fingerprint density at radius 1 is 1.18 bits per heavy atom. The van der Waals surface area contributed by atoms with Gasteiger partial charge in [0.1, 0.15) is 41.8 Å². The molecule has 2 aromatic heterocycles. The zero-order valence-corrected chi connectivity index (χ0v) is 30.1. The number of ether oxygens (including phenoxy) is 3. The van der Waals surface area contributed by atoms with E-state index in [9.17, 15) is 19.5 Å². The fraction of sp³-hybridized carbons (Fsp3) is 0.611. The molecule has 0 unspecified atom stereocenters. The molecule has 2 aliphatic rings. The van der Waals surface area contributed by atoms with Crippen LogP contribution < -0.4 is 5.32 Å². The van der Waals surface area contributed by atoms with E-state index in [1.54, 1.807) is 44.0 Å². The maximum Gasteiger partial charge on any atom is 0.316 e. The van der Waals surface area contributed by atoms with E-state index < -0.39 is 41.2 Å². The number of pyridine rings is 1. The maximum absolute atomic E-state index is 13.7. The Hall–Kier alpha value is -3.94. The fourth-order valence-electron chi connectivity index (χ4n) is 6.83. The smallest absolute Gasteiger partial charge is 0.316 e. The summed E-state index contributed by atoms with van der Waals surface area (Å²) in [6.07, 6.45) is 3.69. The highest BCUT2D eigenvalue weighted by Gasteiger charge is 2.48. The molecule has 0 fully saturated rings. The van der Waals surface area contributed by atoms with E-state index in [4.69, 9.17) is 19.0 Å². The third-order valence-electron chi connectivity index (χ3n) is 10.0. The van der Waals surface area contributed by atoms with Crippen molar-refractivity contribution in [3.63, 3.8) is 0 Å². The number of hydrogen-bond acceptors (Lipinski definition) is 11. The van der Waals surface area contributed by atoms with Crippen molar-refractivity contribution in [2.24, 2.45) is 28.8 Å². The van der Waals surface area contributed by atoms with Crippen LogP contribution in [-0.4, -0.2) is 79.9 Å². The second kappa shape index (κ2) is 15.7. The Kier molecular flexibility index (Phi) is 12.2. The number of amides is 1. The summed E-state index contributed by atoms with van der Waals surface area (Å²) in [6.45, 7) is 15.7. The molecule has 0 saturated heterocycles. The molecule has 2 N–H and O–H groups in total. The molecule has 0 radical (unpaired) electrons. The largest absolute Gasteiger partial charge is 0.459 e. The van der Waals surface area contributed by atoms with Gasteiger partial charge in [-0.3, -0.25) is 14.4 Å². The van der Waals surface area contributed by atoms with Gasteiger partial charge in [-0.25, -0.2) is 9.67 Å². The molecule has 4 heterocycles. The Bertz CT molecular complexity index is 1540. The van der Waals surface area contributed by atoms with Gasteiger partial charge >= 0.3 is 5.97 Å². The van der Waals surface area contributed by atoms with E-state index in [0.29, 0.717) is 29.2 Å². The van der Waals surface area contributed by atoms with Crippen LogP contribution in [0.4, 0.5) is 0 Å². The first-order chi connectivity index (χ1) is 23.1. The Morgan fingerprint density at radius 3 is 2.53 bits per heavy atom. The number of nitrogens with one attached hydrogen (secondary N) is 1. The quantitative estimate of drug-likeness (QED) is 0.255. The van der Waals surface area contributed by atoms with Crippen LogP contribution in [0.15, 0.2) is 53.2 Å². The molecule has 1 amide bonds. The summed E-state index contributed by atoms with van der Waals surface area (Å²) in [5.74, 6) is -2.95. The molecular formula is C36H51N5O8. The number of rotatable bonds is 6. The number of Topliss-reactive ketones (excluding diaryl/α,β-unsaturated/α-hetero) is 1. The average Bonchev–Trinajstić information content (AvgIpc) is 3.61. The molecule has 2 aliphatic heterocycles. The summed E-state index contributed by atoms with van der Waals surface area (Å²) in [4.78, 5) is 49.9. The number of nitrogens with zero attached hydrogens (tertiary/aromatic N) is 4. The van der Waals surface area contributed by atoms with Gasteiger partial charge in [-0.1, -0.05) is 38.9 Å². The molecule has 4 rings (SSSR count). The van der Waals surface area contributed by atoms with Crippen LogP contribution in [0.1, 0.15) is 80.7 Å². The summed E-state index contributed by atoms with van der Waals surface area (Å²) < 4.78 is 20.7. The third-order valence-corrected chi connectivity index (χ3v) is 10.0. The lowest BCUT2D eigenvalue weighted by molar-refractivity contribution is -0.184. The minimum absolute atomic E-state index is 0.00344. The monoisotopic (exact) mass is 681 g/mol. The molecule has 0 saturated carbocycles. The highest BCUT2D eigenvalue weighted by molar-refractivity contribution is 5.99. The van der Waals surface area contributed by atoms with Crippen molar-refractivity contribution in [1.29, 1.82) is 0 Å². The zero-order valence-electron chi connectivity index (χ0n) is 30.1. The molecule has 8 atom stereocenters. The van der Waals surface area contributed by atoms with E-state index >= 15 is 0 Å². The lowest BCUT2D eigenvalue weighted by atomic mass is 9.72. The Morgan fingerprint density at radius 2 is 1.92 bits per heavy atom. The summed E-state index contributed by atoms with van der Waals surface area (Å²) >= 11 is 0. The first-order valence-corrected chi connectivity index (χ1v) is 16.9.